The Bertz CT molecular complexity index is 853. The van der Waals surface area contributed by atoms with Crippen molar-refractivity contribution < 1.29 is 27.5 Å². The highest BCUT2D eigenvalue weighted by molar-refractivity contribution is 7.89. The van der Waals surface area contributed by atoms with Gasteiger partial charge in [-0.1, -0.05) is 0 Å². The molecule has 2 rings (SSSR count). The first kappa shape index (κ1) is 24.3. The molecule has 1 aromatic rings. The van der Waals surface area contributed by atoms with Crippen LogP contribution in [-0.4, -0.2) is 67.0 Å². The standard InChI is InChI=1S/C14H22Cl2N5O6PS/c15-6-8-20(9-7-16)28(24)19-13(5-10-27-28)21(23)14(22)18-11-1-3-12(4-2-11)29(17,25)26/h1-4,13,23H,5-10H2,(H,18,22)(H,19,24)(H2,17,25,26). The minimum absolute atomic E-state index is 0.0312. The van der Waals surface area contributed by atoms with Gasteiger partial charge in [0, 0.05) is 37.0 Å². The lowest BCUT2D eigenvalue weighted by molar-refractivity contribution is -0.0876. The quantitative estimate of drug-likeness (QED) is 0.186. The minimum Gasteiger partial charge on any atom is -0.306 e. The van der Waals surface area contributed by atoms with E-state index in [1.165, 1.54) is 28.9 Å². The van der Waals surface area contributed by atoms with Gasteiger partial charge in [0.05, 0.1) is 11.5 Å². The number of nitrogens with one attached hydrogen (secondary N) is 2. The molecule has 1 heterocycles. The minimum atomic E-state index is -3.86. The van der Waals surface area contributed by atoms with Gasteiger partial charge >= 0.3 is 13.7 Å². The Labute approximate surface area is 178 Å². The molecule has 0 aliphatic carbocycles. The Morgan fingerprint density at radius 2 is 1.90 bits per heavy atom. The molecule has 15 heteroatoms. The number of primary sulfonamides is 1. The number of rotatable bonds is 8. The molecule has 1 saturated heterocycles. The van der Waals surface area contributed by atoms with Crippen molar-refractivity contribution in [2.24, 2.45) is 5.14 Å². The molecule has 2 unspecified atom stereocenters. The van der Waals surface area contributed by atoms with Crippen molar-refractivity contribution in [2.45, 2.75) is 17.5 Å². The third kappa shape index (κ3) is 6.51. The van der Waals surface area contributed by atoms with Crippen LogP contribution in [0.15, 0.2) is 29.2 Å². The number of sulfonamides is 1. The number of hydrogen-bond acceptors (Lipinski definition) is 6. The number of carbonyl (C=O) groups excluding carboxylic acids is 1. The number of urea groups is 1. The fraction of sp³-hybridized carbons (Fsp3) is 0.500. The van der Waals surface area contributed by atoms with Gasteiger partial charge in [0.15, 0.2) is 0 Å². The Balaban J connectivity index is 2.05. The average molecular weight is 490 g/mol. The molecule has 1 fully saturated rings. The lowest BCUT2D eigenvalue weighted by Gasteiger charge is -2.39. The third-order valence-corrected chi connectivity index (χ3v) is 7.53. The highest BCUT2D eigenvalue weighted by Crippen LogP contribution is 2.49. The topological polar surface area (TPSA) is 154 Å². The summed E-state index contributed by atoms with van der Waals surface area (Å²) in [6.45, 7) is 0.502. The molecule has 1 aliphatic heterocycles. The predicted octanol–water partition coefficient (Wildman–Crippen LogP) is 1.78. The Morgan fingerprint density at radius 1 is 1.31 bits per heavy atom. The summed E-state index contributed by atoms with van der Waals surface area (Å²) in [5.74, 6) is 0.378. The van der Waals surface area contributed by atoms with Crippen LogP contribution in [0.5, 0.6) is 0 Å². The van der Waals surface area contributed by atoms with Crippen LogP contribution in [0.25, 0.3) is 0 Å². The first-order valence-corrected chi connectivity index (χ1v) is 12.6. The molecule has 0 radical (unpaired) electrons. The van der Waals surface area contributed by atoms with E-state index < -0.39 is 29.9 Å². The van der Waals surface area contributed by atoms with Crippen molar-refractivity contribution in [3.05, 3.63) is 24.3 Å². The lowest BCUT2D eigenvalue weighted by atomic mass is 10.3. The van der Waals surface area contributed by atoms with Gasteiger partial charge in [-0.3, -0.25) is 9.77 Å². The summed E-state index contributed by atoms with van der Waals surface area (Å²) in [6, 6.07) is 4.14. The average Bonchev–Trinajstić information content (AvgIpc) is 2.67. The first-order valence-electron chi connectivity index (χ1n) is 8.42. The van der Waals surface area contributed by atoms with Crippen molar-refractivity contribution in [2.75, 3.05) is 36.8 Å². The SMILES string of the molecule is NS(=O)(=O)c1ccc(NC(=O)N(O)C2CCOP(=O)(N(CCCl)CCCl)N2)cc1. The Morgan fingerprint density at radius 3 is 2.41 bits per heavy atom. The van der Waals surface area contributed by atoms with Crippen molar-refractivity contribution in [3.63, 3.8) is 0 Å². The Hall–Kier alpha value is -0.950. The normalized spacial score (nSPS) is 22.4. The van der Waals surface area contributed by atoms with E-state index >= 15 is 0 Å². The van der Waals surface area contributed by atoms with E-state index in [0.29, 0.717) is 5.06 Å². The smallest absolute Gasteiger partial charge is 0.306 e. The maximum Gasteiger partial charge on any atom is 0.347 e. The van der Waals surface area contributed by atoms with Gasteiger partial charge in [-0.25, -0.2) is 28.1 Å². The third-order valence-electron chi connectivity index (χ3n) is 3.96. The summed E-state index contributed by atoms with van der Waals surface area (Å²) in [5, 5.41) is 20.7. The molecule has 2 atom stereocenters. The van der Waals surface area contributed by atoms with Crippen LogP contribution in [0.3, 0.4) is 0 Å². The maximum absolute atomic E-state index is 13.1. The van der Waals surface area contributed by atoms with Gasteiger partial charge in [0.1, 0.15) is 6.17 Å². The number of anilines is 1. The van der Waals surface area contributed by atoms with Gasteiger partial charge in [-0.15, -0.1) is 23.2 Å². The predicted molar refractivity (Wildman–Crippen MR) is 109 cm³/mol. The molecular weight excluding hydrogens is 468 g/mol. The summed E-state index contributed by atoms with van der Waals surface area (Å²) >= 11 is 11.5. The van der Waals surface area contributed by atoms with Crippen molar-refractivity contribution >= 4 is 52.6 Å². The van der Waals surface area contributed by atoms with Gasteiger partial charge in [-0.2, -0.15) is 5.06 Å². The van der Waals surface area contributed by atoms with Gasteiger partial charge in [0.25, 0.3) is 0 Å². The molecule has 5 N–H and O–H groups in total. The fourth-order valence-corrected chi connectivity index (χ4v) is 5.79. The van der Waals surface area contributed by atoms with Crippen LogP contribution < -0.4 is 15.5 Å². The van der Waals surface area contributed by atoms with E-state index in [4.69, 9.17) is 32.9 Å². The second-order valence-electron chi connectivity index (χ2n) is 5.96. The van der Waals surface area contributed by atoms with Crippen LogP contribution in [0.4, 0.5) is 10.5 Å². The number of hydrogen-bond donors (Lipinski definition) is 4. The van der Waals surface area contributed by atoms with E-state index in [1.54, 1.807) is 0 Å². The molecule has 1 aromatic carbocycles. The zero-order valence-electron chi connectivity index (χ0n) is 15.2. The van der Waals surface area contributed by atoms with Gasteiger partial charge in [-0.05, 0) is 24.3 Å². The summed E-state index contributed by atoms with van der Waals surface area (Å²) in [6.07, 6.45) is -0.820. The number of hydroxylamine groups is 2. The van der Waals surface area contributed by atoms with Crippen LogP contribution in [0.2, 0.25) is 0 Å². The highest BCUT2D eigenvalue weighted by Gasteiger charge is 2.40. The van der Waals surface area contributed by atoms with E-state index in [1.807, 2.05) is 0 Å². The van der Waals surface area contributed by atoms with Gasteiger partial charge in [0.2, 0.25) is 10.0 Å². The molecule has 0 aromatic heterocycles. The van der Waals surface area contributed by atoms with Crippen molar-refractivity contribution in [3.8, 4) is 0 Å². The van der Waals surface area contributed by atoms with E-state index in [-0.39, 0.29) is 48.5 Å². The lowest BCUT2D eigenvalue weighted by Crippen LogP contribution is -2.52. The van der Waals surface area contributed by atoms with Crippen LogP contribution in [0, 0.1) is 0 Å². The van der Waals surface area contributed by atoms with Crippen molar-refractivity contribution in [1.29, 1.82) is 0 Å². The maximum atomic E-state index is 13.1. The summed E-state index contributed by atoms with van der Waals surface area (Å²) in [7, 11) is -7.43. The molecular formula is C14H22Cl2N5O6PS. The second kappa shape index (κ2) is 10.4. The zero-order valence-corrected chi connectivity index (χ0v) is 18.4. The number of amides is 2. The summed E-state index contributed by atoms with van der Waals surface area (Å²) in [5.41, 5.74) is 0.225. The van der Waals surface area contributed by atoms with E-state index in [0.717, 1.165) is 0 Å². The number of nitrogens with two attached hydrogens (primary N) is 1. The molecule has 0 saturated carbocycles. The molecule has 164 valence electrons. The number of alkyl halides is 2. The molecule has 1 aliphatic rings. The van der Waals surface area contributed by atoms with Crippen molar-refractivity contribution in [1.82, 2.24) is 14.8 Å². The van der Waals surface area contributed by atoms with E-state index in [2.05, 4.69) is 10.4 Å². The number of halogens is 2. The van der Waals surface area contributed by atoms with Crippen LogP contribution in [0.1, 0.15) is 6.42 Å². The highest BCUT2D eigenvalue weighted by atomic mass is 35.5. The molecule has 29 heavy (non-hydrogen) atoms. The summed E-state index contributed by atoms with van der Waals surface area (Å²) in [4.78, 5) is 12.2. The van der Waals surface area contributed by atoms with Crippen LogP contribution in [-0.2, 0) is 19.1 Å². The fourth-order valence-electron chi connectivity index (χ4n) is 2.54. The molecule has 0 bridgehead atoms. The second-order valence-corrected chi connectivity index (χ2v) is 10.4. The largest absolute Gasteiger partial charge is 0.347 e. The molecule has 2 amide bonds. The number of nitrogens with zero attached hydrogens (tertiary/aromatic N) is 2. The zero-order chi connectivity index (χ0) is 21.7. The Kier molecular flexibility index (Phi) is 8.71. The van der Waals surface area contributed by atoms with E-state index in [9.17, 15) is 23.0 Å². The first-order chi connectivity index (χ1) is 13.6. The number of carbonyl (C=O) groups is 1. The van der Waals surface area contributed by atoms with Gasteiger partial charge < -0.3 is 9.84 Å². The molecule has 11 nitrogen and oxygen atoms in total. The monoisotopic (exact) mass is 489 g/mol. The number of benzene rings is 1. The summed E-state index contributed by atoms with van der Waals surface area (Å²) < 4.78 is 42.4. The molecule has 0 spiro atoms. The van der Waals surface area contributed by atoms with Crippen LogP contribution >= 0.6 is 30.9 Å².